The van der Waals surface area contributed by atoms with Crippen LogP contribution in [0.2, 0.25) is 0 Å². The molecule has 1 aromatic carbocycles. The molecule has 0 radical (unpaired) electrons. The van der Waals surface area contributed by atoms with Crippen molar-refractivity contribution in [3.63, 3.8) is 0 Å². The summed E-state index contributed by atoms with van der Waals surface area (Å²) in [5.74, 6) is -2.17. The second kappa shape index (κ2) is 5.92. The molecule has 0 aromatic heterocycles. The molecular formula is C13H15N3O6. The van der Waals surface area contributed by atoms with Crippen molar-refractivity contribution >= 4 is 29.3 Å². The third-order valence-electron chi connectivity index (χ3n) is 3.50. The molecule has 22 heavy (non-hydrogen) atoms. The summed E-state index contributed by atoms with van der Waals surface area (Å²) in [6.07, 6.45) is 0.231. The number of rotatable bonds is 1. The third kappa shape index (κ3) is 2.32. The molecule has 2 aliphatic rings. The quantitative estimate of drug-likeness (QED) is 0.451. The van der Waals surface area contributed by atoms with Gasteiger partial charge < -0.3 is 16.7 Å². The van der Waals surface area contributed by atoms with E-state index in [0.717, 1.165) is 4.90 Å². The van der Waals surface area contributed by atoms with Gasteiger partial charge >= 0.3 is 0 Å². The van der Waals surface area contributed by atoms with Gasteiger partial charge in [-0.3, -0.25) is 29.4 Å². The molecule has 1 aromatic rings. The number of anilines is 1. The maximum Gasteiger partial charge on any atom is 0.264 e. The van der Waals surface area contributed by atoms with Crippen LogP contribution in [0, 0.1) is 0 Å². The summed E-state index contributed by atoms with van der Waals surface area (Å²) in [4.78, 5) is 48.4. The average molecular weight is 309 g/mol. The van der Waals surface area contributed by atoms with Gasteiger partial charge in [0.05, 0.1) is 11.1 Å². The standard InChI is InChI=1S/C13H11N3O4.2H2O/c14-7-3-1-2-6-10(7)13(20)16(12(6)19)8-4-5-9(17)15-11(8)18;;/h1-3,8H,4-5,14H2,(H,15,17,18);2*1H2. The lowest BCUT2D eigenvalue weighted by Crippen LogP contribution is -2.54. The van der Waals surface area contributed by atoms with Gasteiger partial charge in [-0.1, -0.05) is 6.07 Å². The summed E-state index contributed by atoms with van der Waals surface area (Å²) in [5.41, 5.74) is 6.24. The van der Waals surface area contributed by atoms with Crippen LogP contribution in [0.5, 0.6) is 0 Å². The lowest BCUT2D eigenvalue weighted by molar-refractivity contribution is -0.136. The molecular weight excluding hydrogens is 294 g/mol. The highest BCUT2D eigenvalue weighted by Crippen LogP contribution is 2.30. The summed E-state index contributed by atoms with van der Waals surface area (Å²) in [6.45, 7) is 0. The number of carbonyl (C=O) groups is 4. The Kier molecular flexibility index (Phi) is 4.64. The number of nitrogen functional groups attached to an aromatic ring is 1. The monoisotopic (exact) mass is 309 g/mol. The Balaban J connectivity index is 0.00000121. The van der Waals surface area contributed by atoms with Crippen LogP contribution in [-0.4, -0.2) is 45.5 Å². The molecule has 7 N–H and O–H groups in total. The fourth-order valence-electron chi connectivity index (χ4n) is 2.54. The van der Waals surface area contributed by atoms with Gasteiger partial charge in [-0.25, -0.2) is 0 Å². The molecule has 0 saturated carbocycles. The van der Waals surface area contributed by atoms with E-state index in [2.05, 4.69) is 5.32 Å². The van der Waals surface area contributed by atoms with Gasteiger partial charge in [-0.05, 0) is 18.6 Å². The summed E-state index contributed by atoms with van der Waals surface area (Å²) in [7, 11) is 0. The first-order valence-electron chi connectivity index (χ1n) is 6.11. The Morgan fingerprint density at radius 1 is 1.09 bits per heavy atom. The third-order valence-corrected chi connectivity index (χ3v) is 3.50. The van der Waals surface area contributed by atoms with Crippen molar-refractivity contribution in [2.24, 2.45) is 0 Å². The molecule has 0 bridgehead atoms. The Hall–Kier alpha value is -2.78. The molecule has 1 unspecified atom stereocenters. The molecule has 0 aliphatic carbocycles. The predicted octanol–water partition coefficient (Wildman–Crippen LogP) is -1.98. The molecule has 3 rings (SSSR count). The van der Waals surface area contributed by atoms with Crippen molar-refractivity contribution in [2.45, 2.75) is 18.9 Å². The highest BCUT2D eigenvalue weighted by atomic mass is 16.2. The molecule has 1 fully saturated rings. The molecule has 4 amide bonds. The molecule has 1 atom stereocenters. The van der Waals surface area contributed by atoms with E-state index in [1.54, 1.807) is 6.07 Å². The Labute approximate surface area is 124 Å². The molecule has 2 heterocycles. The zero-order chi connectivity index (χ0) is 14.4. The van der Waals surface area contributed by atoms with Gasteiger partial charge in [0.1, 0.15) is 6.04 Å². The van der Waals surface area contributed by atoms with Crippen molar-refractivity contribution in [3.05, 3.63) is 29.3 Å². The first kappa shape index (κ1) is 17.3. The second-order valence-electron chi connectivity index (χ2n) is 4.72. The van der Waals surface area contributed by atoms with Crippen molar-refractivity contribution in [1.29, 1.82) is 0 Å². The van der Waals surface area contributed by atoms with Gasteiger partial charge in [0.2, 0.25) is 11.8 Å². The molecule has 1 saturated heterocycles. The number of benzene rings is 1. The SMILES string of the molecule is Nc1cccc2c1C(=O)N(C1CCC(=O)NC1=O)C2=O.O.O. The molecule has 2 aliphatic heterocycles. The van der Waals surface area contributed by atoms with E-state index < -0.39 is 29.7 Å². The Morgan fingerprint density at radius 3 is 2.36 bits per heavy atom. The summed E-state index contributed by atoms with van der Waals surface area (Å²) >= 11 is 0. The number of fused-ring (bicyclic) bond motifs is 1. The van der Waals surface area contributed by atoms with Gasteiger partial charge in [0, 0.05) is 12.1 Å². The van der Waals surface area contributed by atoms with E-state index in [1.807, 2.05) is 0 Å². The number of amides is 4. The smallest absolute Gasteiger partial charge is 0.264 e. The number of piperidine rings is 1. The number of hydrogen-bond acceptors (Lipinski definition) is 5. The minimum atomic E-state index is -0.959. The van der Waals surface area contributed by atoms with Gasteiger partial charge in [0.25, 0.3) is 11.8 Å². The molecule has 0 spiro atoms. The number of nitrogens with one attached hydrogen (secondary N) is 1. The number of nitrogens with zero attached hydrogens (tertiary/aromatic N) is 1. The fraction of sp³-hybridized carbons (Fsp3) is 0.231. The van der Waals surface area contributed by atoms with Crippen LogP contribution in [0.3, 0.4) is 0 Å². The minimum Gasteiger partial charge on any atom is -0.412 e. The topological polar surface area (TPSA) is 173 Å². The van der Waals surface area contributed by atoms with Crippen LogP contribution in [0.4, 0.5) is 5.69 Å². The average Bonchev–Trinajstić information content (AvgIpc) is 2.64. The van der Waals surface area contributed by atoms with E-state index in [0.29, 0.717) is 0 Å². The van der Waals surface area contributed by atoms with Crippen LogP contribution in [-0.2, 0) is 9.59 Å². The maximum atomic E-state index is 12.3. The number of nitrogens with two attached hydrogens (primary N) is 1. The first-order chi connectivity index (χ1) is 9.50. The normalized spacial score (nSPS) is 20.0. The number of hydrogen-bond donors (Lipinski definition) is 2. The predicted molar refractivity (Wildman–Crippen MR) is 74.8 cm³/mol. The van der Waals surface area contributed by atoms with Crippen molar-refractivity contribution in [1.82, 2.24) is 10.2 Å². The molecule has 9 heteroatoms. The lowest BCUT2D eigenvalue weighted by Gasteiger charge is -2.27. The first-order valence-corrected chi connectivity index (χ1v) is 6.11. The van der Waals surface area contributed by atoms with E-state index in [9.17, 15) is 19.2 Å². The van der Waals surface area contributed by atoms with Crippen molar-refractivity contribution in [2.75, 3.05) is 5.73 Å². The highest BCUT2D eigenvalue weighted by Gasteiger charge is 2.45. The van der Waals surface area contributed by atoms with Gasteiger partial charge in [-0.2, -0.15) is 0 Å². The van der Waals surface area contributed by atoms with Crippen molar-refractivity contribution in [3.8, 4) is 0 Å². The van der Waals surface area contributed by atoms with Crippen LogP contribution < -0.4 is 11.1 Å². The van der Waals surface area contributed by atoms with Crippen LogP contribution in [0.1, 0.15) is 33.6 Å². The van der Waals surface area contributed by atoms with Crippen LogP contribution in [0.15, 0.2) is 18.2 Å². The van der Waals surface area contributed by atoms with Crippen LogP contribution in [0.25, 0.3) is 0 Å². The van der Waals surface area contributed by atoms with E-state index in [4.69, 9.17) is 5.73 Å². The number of imide groups is 2. The zero-order valence-corrected chi connectivity index (χ0v) is 11.4. The maximum absolute atomic E-state index is 12.3. The Morgan fingerprint density at radius 2 is 1.77 bits per heavy atom. The zero-order valence-electron chi connectivity index (χ0n) is 11.4. The summed E-state index contributed by atoms with van der Waals surface area (Å²) < 4.78 is 0. The number of carbonyl (C=O) groups excluding carboxylic acids is 4. The van der Waals surface area contributed by atoms with Crippen LogP contribution >= 0.6 is 0 Å². The summed E-state index contributed by atoms with van der Waals surface area (Å²) in [6, 6.07) is 3.64. The highest BCUT2D eigenvalue weighted by molar-refractivity contribution is 6.25. The van der Waals surface area contributed by atoms with E-state index in [1.165, 1.54) is 12.1 Å². The van der Waals surface area contributed by atoms with Gasteiger partial charge in [-0.15, -0.1) is 0 Å². The molecule has 9 nitrogen and oxygen atoms in total. The van der Waals surface area contributed by atoms with E-state index in [-0.39, 0.29) is 40.6 Å². The molecule has 118 valence electrons. The largest absolute Gasteiger partial charge is 0.412 e. The summed E-state index contributed by atoms with van der Waals surface area (Å²) in [5, 5.41) is 2.13. The van der Waals surface area contributed by atoms with Gasteiger partial charge in [0.15, 0.2) is 0 Å². The fourth-order valence-corrected chi connectivity index (χ4v) is 2.54. The van der Waals surface area contributed by atoms with Crippen molar-refractivity contribution < 1.29 is 30.1 Å². The minimum absolute atomic E-state index is 0. The second-order valence-corrected chi connectivity index (χ2v) is 4.72. The van der Waals surface area contributed by atoms with E-state index >= 15 is 0 Å². The lowest BCUT2D eigenvalue weighted by atomic mass is 10.0. The Bertz CT molecular complexity index is 672.